The number of aliphatic hydroxyl groups excluding tert-OH is 1. The third-order valence-electron chi connectivity index (χ3n) is 3.91. The zero-order valence-corrected chi connectivity index (χ0v) is 9.48. The molecule has 96 valence electrons. The molecule has 0 spiro atoms. The van der Waals surface area contributed by atoms with Crippen LogP contribution in [0.4, 0.5) is 17.6 Å². The second-order valence-corrected chi connectivity index (χ2v) is 4.88. The van der Waals surface area contributed by atoms with Crippen LogP contribution in [-0.2, 0) is 0 Å². The van der Waals surface area contributed by atoms with Crippen molar-refractivity contribution in [2.24, 2.45) is 0 Å². The van der Waals surface area contributed by atoms with Crippen molar-refractivity contribution < 1.29 is 22.7 Å². The van der Waals surface area contributed by atoms with Crippen LogP contribution in [0.25, 0.3) is 0 Å². The Balaban J connectivity index is 2.37. The van der Waals surface area contributed by atoms with Gasteiger partial charge in [-0.2, -0.15) is 0 Å². The van der Waals surface area contributed by atoms with Gasteiger partial charge in [-0.25, -0.2) is 17.6 Å². The smallest absolute Gasteiger partial charge is 0.197 e. The Morgan fingerprint density at radius 3 is 2.17 bits per heavy atom. The van der Waals surface area contributed by atoms with Gasteiger partial charge in [0.05, 0.1) is 6.10 Å². The predicted molar refractivity (Wildman–Crippen MR) is 56.1 cm³/mol. The summed E-state index contributed by atoms with van der Waals surface area (Å²) in [5, 5.41) is 9.79. The number of hydrogen-bond acceptors (Lipinski definition) is 1. The van der Waals surface area contributed by atoms with Gasteiger partial charge in [0.1, 0.15) is 0 Å². The summed E-state index contributed by atoms with van der Waals surface area (Å²) in [4.78, 5) is 0. The first-order chi connectivity index (χ1) is 8.43. The monoisotopic (exact) mass is 258 g/mol. The van der Waals surface area contributed by atoms with Crippen LogP contribution in [0.15, 0.2) is 11.6 Å². The highest BCUT2D eigenvalue weighted by atomic mass is 19.2. The summed E-state index contributed by atoms with van der Waals surface area (Å²) in [7, 11) is 0. The molecule has 0 aromatic heterocycles. The molecule has 0 unspecified atom stereocenters. The minimum atomic E-state index is -1.81. The van der Waals surface area contributed by atoms with E-state index in [0.29, 0.717) is 0 Å². The summed E-state index contributed by atoms with van der Waals surface area (Å²) in [6, 6.07) is 0. The fourth-order valence-electron chi connectivity index (χ4n) is 3.04. The number of halogens is 4. The Morgan fingerprint density at radius 1 is 1.00 bits per heavy atom. The number of benzene rings is 1. The quantitative estimate of drug-likeness (QED) is 0.328. The molecule has 2 bridgehead atoms. The summed E-state index contributed by atoms with van der Waals surface area (Å²) in [6.07, 6.45) is 0.924. The topological polar surface area (TPSA) is 20.2 Å². The minimum Gasteiger partial charge on any atom is -0.392 e. The normalized spacial score (nSPS) is 29.2. The predicted octanol–water partition coefficient (Wildman–Crippen LogP) is 3.13. The van der Waals surface area contributed by atoms with Crippen molar-refractivity contribution in [3.05, 3.63) is 46.0 Å². The molecule has 1 nitrogen and oxygen atoms in total. The van der Waals surface area contributed by atoms with Crippen LogP contribution in [0, 0.1) is 23.3 Å². The number of hydrogen-bond donors (Lipinski definition) is 1. The third kappa shape index (κ3) is 1.25. The first kappa shape index (κ1) is 11.7. The lowest BCUT2D eigenvalue weighted by Crippen LogP contribution is -2.34. The molecule has 0 fully saturated rings. The summed E-state index contributed by atoms with van der Waals surface area (Å²) >= 11 is 0. The molecule has 5 heteroatoms. The average molecular weight is 258 g/mol. The van der Waals surface area contributed by atoms with Crippen molar-refractivity contribution in [2.45, 2.75) is 31.3 Å². The van der Waals surface area contributed by atoms with E-state index in [4.69, 9.17) is 0 Å². The van der Waals surface area contributed by atoms with E-state index in [2.05, 4.69) is 0 Å². The maximum atomic E-state index is 13.8. The minimum absolute atomic E-state index is 0.137. The lowest BCUT2D eigenvalue weighted by molar-refractivity contribution is 0.123. The summed E-state index contributed by atoms with van der Waals surface area (Å²) in [5.41, 5.74) is 0.379. The van der Waals surface area contributed by atoms with Crippen molar-refractivity contribution in [2.75, 3.05) is 0 Å². The Morgan fingerprint density at radius 2 is 1.56 bits per heavy atom. The molecular formula is C13H10F4O. The fraction of sp³-hybridized carbons (Fsp3) is 0.385. The van der Waals surface area contributed by atoms with Crippen molar-refractivity contribution in [3.63, 3.8) is 0 Å². The van der Waals surface area contributed by atoms with Gasteiger partial charge in [-0.1, -0.05) is 11.6 Å². The van der Waals surface area contributed by atoms with Crippen molar-refractivity contribution in [3.8, 4) is 0 Å². The van der Waals surface area contributed by atoms with Crippen LogP contribution >= 0.6 is 0 Å². The Bertz CT molecular complexity index is 579. The maximum absolute atomic E-state index is 13.8. The highest BCUT2D eigenvalue weighted by Crippen LogP contribution is 2.51. The zero-order valence-electron chi connectivity index (χ0n) is 9.48. The number of fused-ring (bicyclic) bond motifs is 1. The van der Waals surface area contributed by atoms with E-state index in [-0.39, 0.29) is 17.5 Å². The number of rotatable bonds is 0. The van der Waals surface area contributed by atoms with Gasteiger partial charge in [0, 0.05) is 23.0 Å². The molecule has 0 heterocycles. The molecule has 0 aliphatic heterocycles. The Labute approximate surface area is 101 Å². The van der Waals surface area contributed by atoms with E-state index in [0.717, 1.165) is 5.57 Å². The highest BCUT2D eigenvalue weighted by Gasteiger charge is 2.44. The molecule has 1 aromatic rings. The third-order valence-corrected chi connectivity index (χ3v) is 3.91. The first-order valence-electron chi connectivity index (χ1n) is 5.65. The van der Waals surface area contributed by atoms with Gasteiger partial charge < -0.3 is 5.11 Å². The van der Waals surface area contributed by atoms with Crippen LogP contribution in [0.2, 0.25) is 0 Å². The van der Waals surface area contributed by atoms with Gasteiger partial charge in [-0.3, -0.25) is 0 Å². The average Bonchev–Trinajstić information content (AvgIpc) is 2.34. The second kappa shape index (κ2) is 3.57. The molecule has 0 saturated carbocycles. The maximum Gasteiger partial charge on any atom is 0.197 e. The lowest BCUT2D eigenvalue weighted by atomic mass is 9.66. The first-order valence-corrected chi connectivity index (χ1v) is 5.65. The molecule has 3 atom stereocenters. The van der Waals surface area contributed by atoms with E-state index < -0.39 is 41.2 Å². The Hall–Kier alpha value is -1.36. The van der Waals surface area contributed by atoms with Crippen molar-refractivity contribution >= 4 is 0 Å². The zero-order chi connectivity index (χ0) is 13.2. The molecule has 0 amide bonds. The summed E-state index contributed by atoms with van der Waals surface area (Å²) < 4.78 is 54.0. The molecule has 1 N–H and O–H groups in total. The lowest BCUT2D eigenvalue weighted by Gasteiger charge is -2.40. The Kier molecular flexibility index (Phi) is 2.32. The fourth-order valence-corrected chi connectivity index (χ4v) is 3.04. The molecule has 0 radical (unpaired) electrons. The molecular weight excluding hydrogens is 248 g/mol. The molecule has 4 rings (SSSR count). The van der Waals surface area contributed by atoms with Gasteiger partial charge >= 0.3 is 0 Å². The van der Waals surface area contributed by atoms with E-state index in [1.165, 1.54) is 0 Å². The van der Waals surface area contributed by atoms with E-state index in [9.17, 15) is 22.7 Å². The summed E-state index contributed by atoms with van der Waals surface area (Å²) in [6.45, 7) is 1.71. The van der Waals surface area contributed by atoms with Crippen molar-refractivity contribution in [1.29, 1.82) is 0 Å². The van der Waals surface area contributed by atoms with Gasteiger partial charge in [-0.15, -0.1) is 0 Å². The largest absolute Gasteiger partial charge is 0.392 e. The van der Waals surface area contributed by atoms with Gasteiger partial charge in [0.15, 0.2) is 23.3 Å². The molecule has 0 saturated heterocycles. The number of aliphatic hydroxyl groups is 1. The second-order valence-electron chi connectivity index (χ2n) is 4.88. The van der Waals surface area contributed by atoms with Crippen LogP contribution in [-0.4, -0.2) is 11.2 Å². The van der Waals surface area contributed by atoms with Gasteiger partial charge in [0.25, 0.3) is 0 Å². The SMILES string of the molecule is CC1=C[C@@H]2c3c(F)c(F)c(F)c(F)c3[C@H]1C[C@H]2O. The molecule has 3 aliphatic carbocycles. The van der Waals surface area contributed by atoms with Gasteiger partial charge in [0.2, 0.25) is 0 Å². The van der Waals surface area contributed by atoms with Crippen LogP contribution in [0.3, 0.4) is 0 Å². The van der Waals surface area contributed by atoms with E-state index in [1.54, 1.807) is 13.0 Å². The van der Waals surface area contributed by atoms with E-state index in [1.807, 2.05) is 0 Å². The standard InChI is InChI=1S/C13H10F4O/c1-4-2-6-7(18)3-5(4)8-9(6)11(15)13(17)12(16)10(8)14/h2,5-7,18H,3H2,1H3/t5-,6-,7+/m0/s1. The summed E-state index contributed by atoms with van der Waals surface area (Å²) in [5.74, 6) is -7.68. The van der Waals surface area contributed by atoms with Crippen LogP contribution < -0.4 is 0 Å². The number of allylic oxidation sites excluding steroid dienone is 1. The van der Waals surface area contributed by atoms with Crippen LogP contribution in [0.5, 0.6) is 0 Å². The van der Waals surface area contributed by atoms with Crippen molar-refractivity contribution in [1.82, 2.24) is 0 Å². The van der Waals surface area contributed by atoms with Gasteiger partial charge in [-0.05, 0) is 13.3 Å². The van der Waals surface area contributed by atoms with E-state index >= 15 is 0 Å². The molecule has 18 heavy (non-hydrogen) atoms. The molecule has 1 aromatic carbocycles. The highest BCUT2D eigenvalue weighted by molar-refractivity contribution is 5.50. The molecule has 3 aliphatic rings. The van der Waals surface area contributed by atoms with Crippen LogP contribution in [0.1, 0.15) is 36.3 Å².